The van der Waals surface area contributed by atoms with Crippen LogP contribution in [-0.4, -0.2) is 37.0 Å². The number of aryl methyl sites for hydroxylation is 2. The fraction of sp³-hybridized carbons (Fsp3) is 0.400. The summed E-state index contributed by atoms with van der Waals surface area (Å²) in [5.41, 5.74) is 3.42. The number of carbonyl (C=O) groups is 3. The topological polar surface area (TPSA) is 84.9 Å². The largest absolute Gasteiger partial charge is 0.491 e. The standard InChI is InChI=1S/C25H30N2O5/c1-5-18-8-6-7-17(4)24(18)26-22(28)15-31-25(30)19-13-23(29)27(14-19)20-9-11-21(12-10-20)32-16(2)3/h6-12,16,19H,5,13-15H2,1-4H3,(H,26,28). The van der Waals surface area contributed by atoms with Gasteiger partial charge in [0.1, 0.15) is 5.75 Å². The molecule has 3 rings (SSSR count). The molecule has 1 unspecified atom stereocenters. The number of rotatable bonds is 8. The summed E-state index contributed by atoms with van der Waals surface area (Å²) in [5, 5.41) is 2.83. The van der Waals surface area contributed by atoms with Crippen molar-refractivity contribution in [1.82, 2.24) is 0 Å². The Morgan fingerprint density at radius 2 is 1.88 bits per heavy atom. The maximum absolute atomic E-state index is 12.5. The molecule has 2 aromatic rings. The molecule has 0 aromatic heterocycles. The van der Waals surface area contributed by atoms with Gasteiger partial charge in [-0.25, -0.2) is 0 Å². The molecule has 2 aromatic carbocycles. The normalized spacial score (nSPS) is 15.7. The molecule has 32 heavy (non-hydrogen) atoms. The molecule has 0 saturated carbocycles. The van der Waals surface area contributed by atoms with E-state index in [1.54, 1.807) is 29.2 Å². The molecule has 1 heterocycles. The van der Waals surface area contributed by atoms with Crippen molar-refractivity contribution in [3.8, 4) is 5.75 Å². The van der Waals surface area contributed by atoms with E-state index in [1.807, 2.05) is 45.9 Å². The van der Waals surface area contributed by atoms with Crippen molar-refractivity contribution in [1.29, 1.82) is 0 Å². The van der Waals surface area contributed by atoms with Gasteiger partial charge in [0.2, 0.25) is 5.91 Å². The van der Waals surface area contributed by atoms with E-state index in [4.69, 9.17) is 9.47 Å². The molecular weight excluding hydrogens is 408 g/mol. The predicted molar refractivity (Wildman–Crippen MR) is 123 cm³/mol. The first kappa shape index (κ1) is 23.3. The summed E-state index contributed by atoms with van der Waals surface area (Å²) in [6.45, 7) is 7.65. The molecular formula is C25H30N2O5. The Morgan fingerprint density at radius 3 is 2.53 bits per heavy atom. The lowest BCUT2D eigenvalue weighted by Crippen LogP contribution is -2.28. The average molecular weight is 439 g/mol. The van der Waals surface area contributed by atoms with Gasteiger partial charge in [0.25, 0.3) is 5.91 Å². The molecule has 7 heteroatoms. The highest BCUT2D eigenvalue weighted by Gasteiger charge is 2.36. The summed E-state index contributed by atoms with van der Waals surface area (Å²) >= 11 is 0. The van der Waals surface area contributed by atoms with E-state index in [2.05, 4.69) is 5.32 Å². The number of amides is 2. The number of anilines is 2. The van der Waals surface area contributed by atoms with Crippen molar-refractivity contribution in [2.75, 3.05) is 23.4 Å². The van der Waals surface area contributed by atoms with E-state index >= 15 is 0 Å². The number of carbonyl (C=O) groups excluding carboxylic acids is 3. The van der Waals surface area contributed by atoms with Crippen LogP contribution in [0, 0.1) is 12.8 Å². The lowest BCUT2D eigenvalue weighted by molar-refractivity contribution is -0.151. The summed E-state index contributed by atoms with van der Waals surface area (Å²) in [5.74, 6) is -0.981. The number of hydrogen-bond donors (Lipinski definition) is 1. The Hall–Kier alpha value is -3.35. The van der Waals surface area contributed by atoms with Gasteiger partial charge in [0.05, 0.1) is 12.0 Å². The smallest absolute Gasteiger partial charge is 0.311 e. The lowest BCUT2D eigenvalue weighted by atomic mass is 10.1. The highest BCUT2D eigenvalue weighted by Crippen LogP contribution is 2.28. The predicted octanol–water partition coefficient (Wildman–Crippen LogP) is 3.88. The SMILES string of the molecule is CCc1cccc(C)c1NC(=O)COC(=O)C1CC(=O)N(c2ccc(OC(C)C)cc2)C1. The molecule has 1 N–H and O–H groups in total. The van der Waals surface area contributed by atoms with Crippen LogP contribution >= 0.6 is 0 Å². The molecule has 0 bridgehead atoms. The third-order valence-corrected chi connectivity index (χ3v) is 5.33. The minimum atomic E-state index is -0.605. The minimum Gasteiger partial charge on any atom is -0.491 e. The van der Waals surface area contributed by atoms with Gasteiger partial charge in [-0.2, -0.15) is 0 Å². The van der Waals surface area contributed by atoms with E-state index in [1.165, 1.54) is 0 Å². The molecule has 1 saturated heterocycles. The summed E-state index contributed by atoms with van der Waals surface area (Å²) in [6.07, 6.45) is 0.898. The summed E-state index contributed by atoms with van der Waals surface area (Å²) in [4.78, 5) is 38.8. The molecule has 1 atom stereocenters. The quantitative estimate of drug-likeness (QED) is 0.633. The third kappa shape index (κ3) is 5.66. The van der Waals surface area contributed by atoms with Gasteiger partial charge in [-0.05, 0) is 62.6 Å². The van der Waals surface area contributed by atoms with Crippen molar-refractivity contribution >= 4 is 29.2 Å². The molecule has 0 spiro atoms. The maximum atomic E-state index is 12.5. The van der Waals surface area contributed by atoms with Gasteiger partial charge in [-0.1, -0.05) is 25.1 Å². The van der Waals surface area contributed by atoms with Gasteiger partial charge < -0.3 is 19.7 Å². The Labute approximate surface area is 188 Å². The molecule has 1 aliphatic heterocycles. The van der Waals surface area contributed by atoms with Crippen LogP contribution in [0.1, 0.15) is 38.3 Å². The van der Waals surface area contributed by atoms with E-state index in [0.29, 0.717) is 5.69 Å². The molecule has 2 amide bonds. The first-order chi connectivity index (χ1) is 15.3. The van der Waals surface area contributed by atoms with Crippen LogP contribution in [0.4, 0.5) is 11.4 Å². The second kappa shape index (κ2) is 10.3. The highest BCUT2D eigenvalue weighted by molar-refractivity contribution is 6.00. The van der Waals surface area contributed by atoms with Gasteiger partial charge in [0.15, 0.2) is 6.61 Å². The number of esters is 1. The van der Waals surface area contributed by atoms with E-state index < -0.39 is 17.8 Å². The summed E-state index contributed by atoms with van der Waals surface area (Å²) < 4.78 is 10.8. The minimum absolute atomic E-state index is 0.0580. The summed E-state index contributed by atoms with van der Waals surface area (Å²) in [7, 11) is 0. The first-order valence-corrected chi connectivity index (χ1v) is 10.9. The zero-order chi connectivity index (χ0) is 23.3. The van der Waals surface area contributed by atoms with Crippen molar-refractivity contribution in [3.05, 3.63) is 53.6 Å². The van der Waals surface area contributed by atoms with Gasteiger partial charge in [-0.3, -0.25) is 14.4 Å². The Kier molecular flexibility index (Phi) is 7.51. The lowest BCUT2D eigenvalue weighted by Gasteiger charge is -2.18. The van der Waals surface area contributed by atoms with Crippen LogP contribution in [0.25, 0.3) is 0 Å². The number of benzene rings is 2. The fourth-order valence-electron chi connectivity index (χ4n) is 3.72. The van der Waals surface area contributed by atoms with Gasteiger partial charge in [0, 0.05) is 24.3 Å². The van der Waals surface area contributed by atoms with Crippen molar-refractivity contribution in [2.24, 2.45) is 5.92 Å². The van der Waals surface area contributed by atoms with E-state index in [0.717, 1.165) is 29.0 Å². The molecule has 170 valence electrons. The second-order valence-electron chi connectivity index (χ2n) is 8.18. The third-order valence-electron chi connectivity index (χ3n) is 5.33. The van der Waals surface area contributed by atoms with Gasteiger partial charge in [-0.15, -0.1) is 0 Å². The fourth-order valence-corrected chi connectivity index (χ4v) is 3.72. The Balaban J connectivity index is 1.54. The zero-order valence-electron chi connectivity index (χ0n) is 19.0. The van der Waals surface area contributed by atoms with E-state index in [-0.39, 0.29) is 31.6 Å². The molecule has 1 aliphatic rings. The van der Waals surface area contributed by atoms with E-state index in [9.17, 15) is 14.4 Å². The Bertz CT molecular complexity index is 984. The number of nitrogens with one attached hydrogen (secondary N) is 1. The molecule has 0 aliphatic carbocycles. The van der Waals surface area contributed by atoms with Crippen molar-refractivity contribution in [3.63, 3.8) is 0 Å². The average Bonchev–Trinajstić information content (AvgIpc) is 3.15. The summed E-state index contributed by atoms with van der Waals surface area (Å²) in [6, 6.07) is 13.0. The van der Waals surface area contributed by atoms with Crippen LogP contribution in [0.5, 0.6) is 5.75 Å². The molecule has 0 radical (unpaired) electrons. The number of nitrogens with zero attached hydrogens (tertiary/aromatic N) is 1. The number of para-hydroxylation sites is 1. The number of hydrogen-bond acceptors (Lipinski definition) is 5. The molecule has 7 nitrogen and oxygen atoms in total. The van der Waals surface area contributed by atoms with Crippen LogP contribution in [-0.2, 0) is 25.5 Å². The maximum Gasteiger partial charge on any atom is 0.311 e. The monoisotopic (exact) mass is 438 g/mol. The van der Waals surface area contributed by atoms with Crippen molar-refractivity contribution < 1.29 is 23.9 Å². The van der Waals surface area contributed by atoms with Gasteiger partial charge >= 0.3 is 5.97 Å². The van der Waals surface area contributed by atoms with Crippen LogP contribution in [0.15, 0.2) is 42.5 Å². The van der Waals surface area contributed by atoms with Crippen LogP contribution in [0.2, 0.25) is 0 Å². The molecule has 1 fully saturated rings. The van der Waals surface area contributed by atoms with Crippen LogP contribution in [0.3, 0.4) is 0 Å². The highest BCUT2D eigenvalue weighted by atomic mass is 16.5. The number of ether oxygens (including phenoxy) is 2. The zero-order valence-corrected chi connectivity index (χ0v) is 19.0. The van der Waals surface area contributed by atoms with Crippen LogP contribution < -0.4 is 15.0 Å². The van der Waals surface area contributed by atoms with Crippen molar-refractivity contribution in [2.45, 2.75) is 46.6 Å². The Morgan fingerprint density at radius 1 is 1.16 bits per heavy atom. The second-order valence-corrected chi connectivity index (χ2v) is 8.18. The first-order valence-electron chi connectivity index (χ1n) is 10.9.